The zero-order valence-electron chi connectivity index (χ0n) is 14.3. The second-order valence-electron chi connectivity index (χ2n) is 5.56. The number of halogens is 1. The Balaban J connectivity index is 1.57. The van der Waals surface area contributed by atoms with Gasteiger partial charge in [0, 0.05) is 23.1 Å². The summed E-state index contributed by atoms with van der Waals surface area (Å²) < 4.78 is 6.63. The molecule has 0 aliphatic rings. The molecule has 26 heavy (non-hydrogen) atoms. The summed E-state index contributed by atoms with van der Waals surface area (Å²) in [5, 5.41) is 8.46. The molecule has 1 heterocycles. The van der Waals surface area contributed by atoms with Crippen LogP contribution in [0.4, 0.5) is 0 Å². The molecule has 0 atom stereocenters. The molecular weight excluding hydrogens is 414 g/mol. The van der Waals surface area contributed by atoms with Crippen LogP contribution in [0.3, 0.4) is 0 Å². The number of hydrogen-bond acceptors (Lipinski definition) is 5. The lowest BCUT2D eigenvalue weighted by Crippen LogP contribution is -2.31. The lowest BCUT2D eigenvalue weighted by Gasteiger charge is -2.20. The third-order valence-corrected chi connectivity index (χ3v) is 5.10. The van der Waals surface area contributed by atoms with Gasteiger partial charge in [-0.1, -0.05) is 58.0 Å². The van der Waals surface area contributed by atoms with Crippen LogP contribution in [0.5, 0.6) is 0 Å². The molecule has 1 amide bonds. The van der Waals surface area contributed by atoms with E-state index in [1.165, 1.54) is 11.8 Å². The summed E-state index contributed by atoms with van der Waals surface area (Å²) in [5.74, 6) is 0.761. The van der Waals surface area contributed by atoms with Gasteiger partial charge in [-0.3, -0.25) is 4.79 Å². The smallest absolute Gasteiger partial charge is 0.277 e. The van der Waals surface area contributed by atoms with Gasteiger partial charge in [-0.15, -0.1) is 10.2 Å². The lowest BCUT2D eigenvalue weighted by atomic mass is 10.2. The number of nitrogens with zero attached hydrogens (tertiary/aromatic N) is 3. The maximum Gasteiger partial charge on any atom is 0.277 e. The van der Waals surface area contributed by atoms with Crippen molar-refractivity contribution in [3.8, 4) is 11.5 Å². The Kier molecular flexibility index (Phi) is 6.46. The molecular formula is C19H18BrN3O2S. The van der Waals surface area contributed by atoms with Gasteiger partial charge in [-0.25, -0.2) is 0 Å². The Bertz CT molecular complexity index is 853. The van der Waals surface area contributed by atoms with Crippen molar-refractivity contribution in [2.75, 3.05) is 12.3 Å². The standard InChI is InChI=1S/C19H18BrN3O2S/c1-2-23(12-14-6-4-3-5-7-14)17(24)13-26-19-22-21-18(25-19)15-8-10-16(20)11-9-15/h3-11H,2,12-13H2,1H3. The molecule has 134 valence electrons. The fourth-order valence-electron chi connectivity index (χ4n) is 2.37. The minimum Gasteiger partial charge on any atom is -0.411 e. The number of carbonyl (C=O) groups is 1. The SMILES string of the molecule is CCN(Cc1ccccc1)C(=O)CSc1nnc(-c2ccc(Br)cc2)o1. The fraction of sp³-hybridized carbons (Fsp3) is 0.211. The molecule has 0 aliphatic heterocycles. The number of hydrogen-bond donors (Lipinski definition) is 0. The van der Waals surface area contributed by atoms with Crippen molar-refractivity contribution >= 4 is 33.6 Å². The summed E-state index contributed by atoms with van der Waals surface area (Å²) in [6.45, 7) is 3.23. The summed E-state index contributed by atoms with van der Waals surface area (Å²) in [7, 11) is 0. The molecule has 0 N–H and O–H groups in total. The average molecular weight is 432 g/mol. The minimum absolute atomic E-state index is 0.0461. The number of benzene rings is 2. The molecule has 3 aromatic rings. The van der Waals surface area contributed by atoms with E-state index in [0.29, 0.717) is 24.2 Å². The van der Waals surface area contributed by atoms with Crippen molar-refractivity contribution in [2.45, 2.75) is 18.7 Å². The van der Waals surface area contributed by atoms with Gasteiger partial charge in [0.25, 0.3) is 5.22 Å². The summed E-state index contributed by atoms with van der Waals surface area (Å²) in [4.78, 5) is 14.3. The predicted molar refractivity (Wildman–Crippen MR) is 106 cm³/mol. The molecule has 0 saturated heterocycles. The summed E-state index contributed by atoms with van der Waals surface area (Å²) >= 11 is 4.66. The number of rotatable bonds is 7. The van der Waals surface area contributed by atoms with Gasteiger partial charge >= 0.3 is 0 Å². The van der Waals surface area contributed by atoms with Crippen molar-refractivity contribution in [1.29, 1.82) is 0 Å². The molecule has 1 aromatic heterocycles. The first kappa shape index (κ1) is 18.7. The Labute approximate surface area is 164 Å². The summed E-state index contributed by atoms with van der Waals surface area (Å²) in [5.41, 5.74) is 1.96. The van der Waals surface area contributed by atoms with E-state index in [0.717, 1.165) is 15.6 Å². The molecule has 5 nitrogen and oxygen atoms in total. The Morgan fingerprint density at radius 3 is 2.54 bits per heavy atom. The van der Waals surface area contributed by atoms with Crippen LogP contribution in [0.15, 0.2) is 68.7 Å². The van der Waals surface area contributed by atoms with Gasteiger partial charge in [0.2, 0.25) is 11.8 Å². The molecule has 0 bridgehead atoms. The average Bonchev–Trinajstić information content (AvgIpc) is 3.14. The van der Waals surface area contributed by atoms with Crippen LogP contribution >= 0.6 is 27.7 Å². The monoisotopic (exact) mass is 431 g/mol. The quantitative estimate of drug-likeness (QED) is 0.509. The van der Waals surface area contributed by atoms with Gasteiger partial charge in [0.15, 0.2) is 0 Å². The first-order valence-corrected chi connectivity index (χ1v) is 9.97. The van der Waals surface area contributed by atoms with E-state index in [4.69, 9.17) is 4.42 Å². The minimum atomic E-state index is 0.0461. The summed E-state index contributed by atoms with van der Waals surface area (Å²) in [6.07, 6.45) is 0. The van der Waals surface area contributed by atoms with Crippen LogP contribution in [0, 0.1) is 0 Å². The van der Waals surface area contributed by atoms with Crippen LogP contribution in [0.2, 0.25) is 0 Å². The molecule has 0 aliphatic carbocycles. The Morgan fingerprint density at radius 1 is 1.12 bits per heavy atom. The van der Waals surface area contributed by atoms with E-state index in [1.807, 2.05) is 66.4 Å². The molecule has 0 spiro atoms. The normalized spacial score (nSPS) is 10.7. The van der Waals surface area contributed by atoms with Crippen molar-refractivity contribution < 1.29 is 9.21 Å². The van der Waals surface area contributed by atoms with Gasteiger partial charge in [-0.2, -0.15) is 0 Å². The van der Waals surface area contributed by atoms with E-state index < -0.39 is 0 Å². The van der Waals surface area contributed by atoms with Crippen LogP contribution < -0.4 is 0 Å². The van der Waals surface area contributed by atoms with E-state index in [-0.39, 0.29) is 11.7 Å². The van der Waals surface area contributed by atoms with Gasteiger partial charge in [0.1, 0.15) is 0 Å². The topological polar surface area (TPSA) is 59.2 Å². The highest BCUT2D eigenvalue weighted by Crippen LogP contribution is 2.24. The summed E-state index contributed by atoms with van der Waals surface area (Å²) in [6, 6.07) is 17.6. The van der Waals surface area contributed by atoms with Crippen molar-refractivity contribution in [1.82, 2.24) is 15.1 Å². The van der Waals surface area contributed by atoms with Crippen molar-refractivity contribution in [3.63, 3.8) is 0 Å². The van der Waals surface area contributed by atoms with Crippen LogP contribution in [0.1, 0.15) is 12.5 Å². The molecule has 2 aromatic carbocycles. The molecule has 0 unspecified atom stereocenters. The number of carbonyl (C=O) groups excluding carboxylic acids is 1. The molecule has 0 fully saturated rings. The van der Waals surface area contributed by atoms with E-state index >= 15 is 0 Å². The first-order valence-electron chi connectivity index (χ1n) is 8.19. The largest absolute Gasteiger partial charge is 0.411 e. The second-order valence-corrected chi connectivity index (χ2v) is 7.40. The second kappa shape index (κ2) is 9.00. The fourth-order valence-corrected chi connectivity index (χ4v) is 3.30. The van der Waals surface area contributed by atoms with Crippen molar-refractivity contribution in [2.24, 2.45) is 0 Å². The van der Waals surface area contributed by atoms with Crippen LogP contribution in [-0.4, -0.2) is 33.3 Å². The van der Waals surface area contributed by atoms with Gasteiger partial charge < -0.3 is 9.32 Å². The Morgan fingerprint density at radius 2 is 1.85 bits per heavy atom. The van der Waals surface area contributed by atoms with Crippen molar-refractivity contribution in [3.05, 3.63) is 64.6 Å². The van der Waals surface area contributed by atoms with Gasteiger partial charge in [-0.05, 0) is 36.8 Å². The highest BCUT2D eigenvalue weighted by Gasteiger charge is 2.15. The lowest BCUT2D eigenvalue weighted by molar-refractivity contribution is -0.128. The van der Waals surface area contributed by atoms with E-state index in [1.54, 1.807) is 0 Å². The van der Waals surface area contributed by atoms with E-state index in [2.05, 4.69) is 26.1 Å². The zero-order chi connectivity index (χ0) is 18.4. The highest BCUT2D eigenvalue weighted by atomic mass is 79.9. The highest BCUT2D eigenvalue weighted by molar-refractivity contribution is 9.10. The zero-order valence-corrected chi connectivity index (χ0v) is 16.7. The molecule has 7 heteroatoms. The van der Waals surface area contributed by atoms with Crippen LogP contribution in [-0.2, 0) is 11.3 Å². The molecule has 3 rings (SSSR count). The number of amides is 1. The number of thioether (sulfide) groups is 1. The number of aromatic nitrogens is 2. The first-order chi connectivity index (χ1) is 12.7. The maximum absolute atomic E-state index is 12.5. The Hall–Kier alpha value is -2.12. The third kappa shape index (κ3) is 4.95. The maximum atomic E-state index is 12.5. The van der Waals surface area contributed by atoms with Crippen LogP contribution in [0.25, 0.3) is 11.5 Å². The molecule has 0 saturated carbocycles. The van der Waals surface area contributed by atoms with Gasteiger partial charge in [0.05, 0.1) is 5.75 Å². The predicted octanol–water partition coefficient (Wildman–Crippen LogP) is 4.64. The van der Waals surface area contributed by atoms with E-state index in [9.17, 15) is 4.79 Å². The third-order valence-electron chi connectivity index (χ3n) is 3.77. The molecule has 0 radical (unpaired) electrons.